The highest BCUT2D eigenvalue weighted by atomic mass is 16.8. The smallest absolute Gasteiger partial charge is 0.343 e. The van der Waals surface area contributed by atoms with Gasteiger partial charge in [-0.1, -0.05) is 13.0 Å². The van der Waals surface area contributed by atoms with Gasteiger partial charge in [0, 0.05) is 0 Å². The molecule has 54 heteroatoms. The van der Waals surface area contributed by atoms with Crippen molar-refractivity contribution in [2.45, 2.75) is 44.1 Å². The summed E-state index contributed by atoms with van der Waals surface area (Å²) in [5.41, 5.74) is -9.89. The first-order valence-corrected chi connectivity index (χ1v) is 40.1. The fourth-order valence-electron chi connectivity index (χ4n) is 12.4. The number of para-hydroxylation sites is 1. The molecule has 762 valence electrons. The molecule has 1 aliphatic heterocycles. The van der Waals surface area contributed by atoms with Gasteiger partial charge in [0.25, 0.3) is 0 Å². The van der Waals surface area contributed by atoms with E-state index in [1.54, 1.807) is 0 Å². The predicted octanol–water partition coefficient (Wildman–Crippen LogP) is 7.01. The molecular formula is C92H70O54. The summed E-state index contributed by atoms with van der Waals surface area (Å²) in [6.07, 6.45) is -14.4. The Hall–Kier alpha value is -21.4. The van der Waals surface area contributed by atoms with E-state index in [4.69, 9.17) is 87.5 Å². The molecule has 0 spiro atoms. The summed E-state index contributed by atoms with van der Waals surface area (Å²) >= 11 is 0. The summed E-state index contributed by atoms with van der Waals surface area (Å²) in [5.74, 6) is -59.5. The number of benzene rings is 12. The van der Waals surface area contributed by atoms with Gasteiger partial charge in [-0.15, -0.1) is 0 Å². The lowest BCUT2D eigenvalue weighted by atomic mass is 9.97. The number of aromatic hydroxyl groups is 31. The van der Waals surface area contributed by atoms with Crippen molar-refractivity contribution in [2.24, 2.45) is 0 Å². The molecule has 12 aromatic carbocycles. The summed E-state index contributed by atoms with van der Waals surface area (Å²) in [5, 5.41) is 315. The zero-order valence-electron chi connectivity index (χ0n) is 72.7. The minimum atomic E-state index is -3.12. The molecule has 0 unspecified atom stereocenters. The van der Waals surface area contributed by atoms with Crippen molar-refractivity contribution in [3.05, 3.63) is 213 Å². The number of ether oxygens (including phenoxy) is 12. The zero-order valence-corrected chi connectivity index (χ0v) is 72.7. The van der Waals surface area contributed by atoms with Crippen molar-refractivity contribution in [1.29, 1.82) is 0 Å². The molecule has 0 radical (unpaired) electrons. The molecule has 31 N–H and O–H groups in total. The highest BCUT2D eigenvalue weighted by molar-refractivity contribution is 6.01. The van der Waals surface area contributed by atoms with Crippen LogP contribution in [0, 0.1) is 0 Å². The normalized spacial score (nSPS) is 13.8. The highest BCUT2D eigenvalue weighted by Gasteiger charge is 2.55. The molecule has 0 aliphatic carbocycles. The zero-order chi connectivity index (χ0) is 108. The fraction of sp³-hybridized carbons (Fsp3) is 0.0978. The van der Waals surface area contributed by atoms with Crippen molar-refractivity contribution in [3.63, 3.8) is 0 Å². The molecule has 13 rings (SSSR count). The van der Waals surface area contributed by atoms with Crippen LogP contribution in [0.25, 0.3) is 0 Å². The number of rotatable bonds is 24. The van der Waals surface area contributed by atoms with Crippen LogP contribution in [0.3, 0.4) is 0 Å². The van der Waals surface area contributed by atoms with E-state index >= 15 is 14.4 Å². The van der Waals surface area contributed by atoms with Crippen molar-refractivity contribution >= 4 is 65.7 Å². The molecule has 0 amide bonds. The molecule has 1 heterocycles. The van der Waals surface area contributed by atoms with Gasteiger partial charge in [-0.25, -0.2) is 52.7 Å². The lowest BCUT2D eigenvalue weighted by Crippen LogP contribution is -2.63. The van der Waals surface area contributed by atoms with Gasteiger partial charge in [-0.05, 0) is 152 Å². The maximum Gasteiger partial charge on any atom is 0.343 e. The number of hydrogen-bond acceptors (Lipinski definition) is 54. The van der Waals surface area contributed by atoms with Gasteiger partial charge in [0.2, 0.25) is 41.1 Å². The summed E-state index contributed by atoms with van der Waals surface area (Å²) in [4.78, 5) is 154. The number of phenolic OH excluding ortho intramolecular Hbond substituents is 31. The van der Waals surface area contributed by atoms with E-state index in [0.29, 0.717) is 128 Å². The van der Waals surface area contributed by atoms with Crippen molar-refractivity contribution in [1.82, 2.24) is 0 Å². The van der Waals surface area contributed by atoms with Crippen LogP contribution in [-0.2, 0) is 33.2 Å². The monoisotopic (exact) mass is 2040 g/mol. The first-order chi connectivity index (χ1) is 68.6. The molecule has 54 nitrogen and oxygen atoms in total. The molecular weight excluding hydrogens is 1970 g/mol. The van der Waals surface area contributed by atoms with Gasteiger partial charge in [-0.3, -0.25) is 0 Å². The summed E-state index contributed by atoms with van der Waals surface area (Å²) in [7, 11) is 0. The van der Waals surface area contributed by atoms with Gasteiger partial charge in [0.15, 0.2) is 190 Å². The average molecular weight is 2040 g/mol. The molecule has 1 aliphatic rings. The molecule has 0 aromatic heterocycles. The first kappa shape index (κ1) is 105. The van der Waals surface area contributed by atoms with Crippen LogP contribution in [0.2, 0.25) is 0 Å². The minimum Gasteiger partial charge on any atom is -0.504 e. The predicted molar refractivity (Wildman–Crippen MR) is 466 cm³/mol. The van der Waals surface area contributed by atoms with Crippen LogP contribution in [0.1, 0.15) is 127 Å². The second-order valence-electron chi connectivity index (χ2n) is 29.8. The topological polar surface area (TPSA) is 926 Å². The third kappa shape index (κ3) is 23.5. The highest BCUT2D eigenvalue weighted by Crippen LogP contribution is 2.49. The Morgan fingerprint density at radius 2 is 0.397 bits per heavy atom. The molecule has 0 bridgehead atoms. The van der Waals surface area contributed by atoms with Gasteiger partial charge in [0.05, 0.1) is 67.8 Å². The van der Waals surface area contributed by atoms with Crippen molar-refractivity contribution in [3.8, 4) is 207 Å². The number of esters is 11. The van der Waals surface area contributed by atoms with E-state index in [-0.39, 0.29) is 23.7 Å². The van der Waals surface area contributed by atoms with Gasteiger partial charge in [-0.2, -0.15) is 0 Å². The van der Waals surface area contributed by atoms with E-state index in [1.807, 2.05) is 6.92 Å². The van der Waals surface area contributed by atoms with Crippen LogP contribution in [0.15, 0.2) is 152 Å². The Kier molecular flexibility index (Phi) is 31.0. The Balaban J connectivity index is 0.000000738. The van der Waals surface area contributed by atoms with E-state index in [1.165, 1.54) is 18.2 Å². The van der Waals surface area contributed by atoms with Gasteiger partial charge in [0.1, 0.15) is 12.7 Å². The summed E-state index contributed by atoms with van der Waals surface area (Å²) in [6, 6.07) is 14.6. The quantitative estimate of drug-likeness (QED) is 0.0125. The number of hydrogen-bond donors (Lipinski definition) is 31. The van der Waals surface area contributed by atoms with Crippen LogP contribution in [0.5, 0.6) is 207 Å². The molecule has 1 fully saturated rings. The lowest BCUT2D eigenvalue weighted by Gasteiger charge is -2.43. The fourth-order valence-corrected chi connectivity index (χ4v) is 12.4. The number of phenols is 31. The van der Waals surface area contributed by atoms with Gasteiger partial charge < -0.3 is 215 Å². The Bertz CT molecular complexity index is 7140. The average Bonchev–Trinajstić information content (AvgIpc) is 0.769. The van der Waals surface area contributed by atoms with Crippen molar-refractivity contribution < 1.29 is 268 Å². The largest absolute Gasteiger partial charge is 0.504 e. The summed E-state index contributed by atoms with van der Waals surface area (Å²) in [6.45, 7) is 0.404. The molecule has 5 atom stereocenters. The Labute approximate surface area is 807 Å². The van der Waals surface area contributed by atoms with E-state index in [9.17, 15) is 166 Å². The molecule has 1 saturated heterocycles. The van der Waals surface area contributed by atoms with E-state index in [0.717, 1.165) is 12.1 Å². The SMILES string of the molecule is CCCOC(=O)c1cc(O)c(O)c(O)c1.O=C(OC[C@H]1O[C@@H](OC(=O)c2cc(O)c(O)c(OC(=O)c3cc(O)c(O)c(O)c3)c2)[C@H](OC(=O)c2cc(O)c(O)c(OC(=O)c3cc(O)c(O)c(O)c3)c2)[C@@H](OC(=O)c2cc(O)c(O)c(OC(=O)c3cc(O)c(O)c(O)c3)c2)[C@@H]1OC(=O)c1cc(O)c(O)c(OC(=O)c2cc(O)c(O)c(O)c2)c1)c1cc(O)c(O)c(OC(=O)c2cc(O)c(O)c(O)c2)c1.Oc1cccc(O)c1O. The minimum absolute atomic E-state index is 0.00347. The number of carbonyl (C=O) groups is 11. The van der Waals surface area contributed by atoms with Crippen LogP contribution < -0.4 is 23.7 Å². The molecule has 0 saturated carbocycles. The second-order valence-corrected chi connectivity index (χ2v) is 29.8. The molecule has 12 aromatic rings. The third-order valence-electron chi connectivity index (χ3n) is 19.7. The summed E-state index contributed by atoms with van der Waals surface area (Å²) < 4.78 is 65.2. The van der Waals surface area contributed by atoms with Crippen LogP contribution >= 0.6 is 0 Å². The maximum absolute atomic E-state index is 15.3. The molecule has 146 heavy (non-hydrogen) atoms. The van der Waals surface area contributed by atoms with Gasteiger partial charge >= 0.3 is 65.7 Å². The Morgan fingerprint density at radius 3 is 0.630 bits per heavy atom. The Morgan fingerprint density at radius 1 is 0.212 bits per heavy atom. The van der Waals surface area contributed by atoms with Crippen molar-refractivity contribution in [2.75, 3.05) is 13.2 Å². The maximum atomic E-state index is 15.3. The lowest BCUT2D eigenvalue weighted by molar-refractivity contribution is -0.282. The standard InChI is InChI=1S/C76H52O46.C10H12O5.C6H6O3/c77-32-1-22(2-33(78)53(32)92)67(103)113-47-16-27(11-42(87)58(47)97)66(102)112-21-52-63(119-72(108)28-12-43(88)59(98)48(17-28)114-68(104)23-3-34(79)54(93)35(80)4-23)64(120-73(109)29-13-44(89)60(99)49(18-29)115-69(105)24-5-36(81)55(94)37(82)6-24)65(121-74(110)30-14-45(90)61(100)50(19-30)116-70(106)25-7-38(83)56(95)39(84)8-25)76(118-52)122-75(111)31-15-46(91)62(101)51(20-31)117-71(107)26-9-40(85)57(96)41(86)10-26;1-2-3-15-10(14)6-4-7(11)9(13)8(12)5-6;7-4-2-1-3-5(8)6(4)9/h1-20,52,63-65,76-101H,21H2;4-5,11-13H,2-3H2,1H3;1-3,7-9H/t52-,63-,64+,65-,76+;;/m1../s1. The van der Waals surface area contributed by atoms with E-state index < -0.39 is 354 Å². The number of carbonyl (C=O) groups excluding carboxylic acids is 11. The third-order valence-corrected chi connectivity index (χ3v) is 19.7. The van der Waals surface area contributed by atoms with Crippen LogP contribution in [-0.4, -0.2) is 268 Å². The second kappa shape index (κ2) is 43.1. The first-order valence-electron chi connectivity index (χ1n) is 40.1. The van der Waals surface area contributed by atoms with Crippen LogP contribution in [0.4, 0.5) is 0 Å². The van der Waals surface area contributed by atoms with E-state index in [2.05, 4.69) is 0 Å².